The molecule has 0 bridgehead atoms. The molecule has 8 nitrogen and oxygen atoms in total. The third-order valence-corrected chi connectivity index (χ3v) is 3.07. The first-order chi connectivity index (χ1) is 7.97. The van der Waals surface area contributed by atoms with Gasteiger partial charge in [-0.2, -0.15) is 0 Å². The number of aromatic amines is 1. The van der Waals surface area contributed by atoms with E-state index in [0.717, 1.165) is 0 Å². The van der Waals surface area contributed by atoms with Gasteiger partial charge in [-0.3, -0.25) is 0 Å². The summed E-state index contributed by atoms with van der Waals surface area (Å²) >= 11 is 0. The number of aromatic nitrogens is 4. The summed E-state index contributed by atoms with van der Waals surface area (Å²) in [5, 5.41) is 0. The Balaban J connectivity index is 2.19. The molecule has 0 radical (unpaired) electrons. The van der Waals surface area contributed by atoms with Crippen LogP contribution in [0.5, 0.6) is 0 Å². The normalized spacial score (nSPS) is 12.1. The Hall–Kier alpha value is -1.74. The Kier molecular flexibility index (Phi) is 2.94. The Labute approximate surface area is 97.3 Å². The predicted octanol–water partition coefficient (Wildman–Crippen LogP) is -1.24. The van der Waals surface area contributed by atoms with E-state index in [1.54, 1.807) is 4.57 Å². The molecule has 2 aromatic rings. The van der Waals surface area contributed by atoms with Crippen molar-refractivity contribution in [2.24, 2.45) is 0 Å². The van der Waals surface area contributed by atoms with Crippen molar-refractivity contribution in [3.05, 3.63) is 12.7 Å². The third kappa shape index (κ3) is 2.68. The number of nitrogen functional groups attached to an aromatic ring is 1. The second-order valence-electron chi connectivity index (χ2n) is 3.54. The van der Waals surface area contributed by atoms with Gasteiger partial charge in [0.1, 0.15) is 0 Å². The molecule has 92 valence electrons. The van der Waals surface area contributed by atoms with Crippen LogP contribution in [0, 0.1) is 0 Å². The van der Waals surface area contributed by atoms with Crippen molar-refractivity contribution in [3.8, 4) is 0 Å². The van der Waals surface area contributed by atoms with Gasteiger partial charge in [0, 0.05) is 5.75 Å². The van der Waals surface area contributed by atoms with Gasteiger partial charge in [-0.15, -0.1) is 0 Å². The van der Waals surface area contributed by atoms with Crippen LogP contribution in [0.4, 0.5) is 5.82 Å². The van der Waals surface area contributed by atoms with Crippen molar-refractivity contribution in [1.29, 1.82) is 0 Å². The molecule has 0 unspecified atom stereocenters. The monoisotopic (exact) mass is 257 g/mol. The van der Waals surface area contributed by atoms with Gasteiger partial charge in [-0.1, -0.05) is 9.97 Å². The van der Waals surface area contributed by atoms with Gasteiger partial charge in [0.25, 0.3) is 5.65 Å². The van der Waals surface area contributed by atoms with Crippen LogP contribution in [0.15, 0.2) is 12.7 Å². The van der Waals surface area contributed by atoms with Gasteiger partial charge in [-0.05, 0) is 6.42 Å². The fraction of sp³-hybridized carbons (Fsp3) is 0.375. The van der Waals surface area contributed by atoms with E-state index in [1.165, 1.54) is 12.7 Å². The van der Waals surface area contributed by atoms with Crippen LogP contribution < -0.4 is 10.3 Å². The second kappa shape index (κ2) is 4.26. The zero-order valence-electron chi connectivity index (χ0n) is 8.83. The fourth-order valence-electron chi connectivity index (χ4n) is 1.52. The van der Waals surface area contributed by atoms with Gasteiger partial charge in [0.15, 0.2) is 11.8 Å². The third-order valence-electron chi connectivity index (χ3n) is 2.28. The molecule has 0 fully saturated rings. The zero-order chi connectivity index (χ0) is 12.5. The smallest absolute Gasteiger partial charge is 0.293 e. The molecule has 0 aliphatic rings. The highest BCUT2D eigenvalue weighted by atomic mass is 32.2. The second-order valence-corrected chi connectivity index (χ2v) is 5.06. The lowest BCUT2D eigenvalue weighted by Crippen LogP contribution is -2.36. The summed E-state index contributed by atoms with van der Waals surface area (Å²) in [4.78, 5) is 10.8. The molecule has 2 aromatic heterocycles. The van der Waals surface area contributed by atoms with Crippen molar-refractivity contribution in [1.82, 2.24) is 15.0 Å². The Morgan fingerprint density at radius 3 is 2.94 bits per heavy atom. The molecule has 3 N–H and O–H groups in total. The Morgan fingerprint density at radius 2 is 2.24 bits per heavy atom. The summed E-state index contributed by atoms with van der Waals surface area (Å²) in [6, 6.07) is 0. The number of imidazole rings is 1. The van der Waals surface area contributed by atoms with Crippen molar-refractivity contribution in [2.75, 3.05) is 11.5 Å². The number of hydrogen-bond donors (Lipinski definition) is 2. The molecule has 0 aliphatic heterocycles. The van der Waals surface area contributed by atoms with Crippen LogP contribution in [0.2, 0.25) is 0 Å². The van der Waals surface area contributed by atoms with Gasteiger partial charge < -0.3 is 15.3 Å². The average Bonchev–Trinajstić information content (AvgIpc) is 2.69. The average molecular weight is 257 g/mol. The number of hydrogen-bond acceptors (Lipinski definition) is 6. The summed E-state index contributed by atoms with van der Waals surface area (Å²) in [5.41, 5.74) is 6.80. The molecule has 0 atom stereocenters. The lowest BCUT2D eigenvalue weighted by molar-refractivity contribution is -0.675. The molecule has 0 spiro atoms. The molecule has 0 saturated heterocycles. The number of nitrogens with one attached hydrogen (secondary N) is 1. The van der Waals surface area contributed by atoms with E-state index in [1.807, 2.05) is 0 Å². The highest BCUT2D eigenvalue weighted by Gasteiger charge is 2.13. The lowest BCUT2D eigenvalue weighted by Gasteiger charge is -2.05. The molecule has 0 aliphatic carbocycles. The van der Waals surface area contributed by atoms with Crippen LogP contribution in [-0.2, 0) is 16.7 Å². The molecule has 0 amide bonds. The molecule has 2 heterocycles. The summed E-state index contributed by atoms with van der Waals surface area (Å²) in [5.74, 6) is -0.0822. The van der Waals surface area contributed by atoms with E-state index in [-0.39, 0.29) is 6.42 Å². The predicted molar refractivity (Wildman–Crippen MR) is 57.7 cm³/mol. The molecule has 17 heavy (non-hydrogen) atoms. The van der Waals surface area contributed by atoms with Crippen LogP contribution in [0.1, 0.15) is 6.42 Å². The number of fused-ring (bicyclic) bond motifs is 1. The van der Waals surface area contributed by atoms with E-state index < -0.39 is 15.9 Å². The highest BCUT2D eigenvalue weighted by molar-refractivity contribution is 7.85. The topological polar surface area (TPSA) is 129 Å². The largest absolute Gasteiger partial charge is 0.748 e. The van der Waals surface area contributed by atoms with E-state index in [4.69, 9.17) is 5.73 Å². The highest BCUT2D eigenvalue weighted by Crippen LogP contribution is 2.09. The maximum Gasteiger partial charge on any atom is 0.293 e. The minimum absolute atomic E-state index is 0.212. The fourth-order valence-corrected chi connectivity index (χ4v) is 2.00. The van der Waals surface area contributed by atoms with Gasteiger partial charge in [0.2, 0.25) is 12.1 Å². The number of nitrogens with two attached hydrogens (primary N) is 1. The minimum Gasteiger partial charge on any atom is -0.748 e. The van der Waals surface area contributed by atoms with E-state index >= 15 is 0 Å². The number of nitrogens with zero attached hydrogens (tertiary/aromatic N) is 3. The van der Waals surface area contributed by atoms with E-state index in [9.17, 15) is 13.0 Å². The van der Waals surface area contributed by atoms with Gasteiger partial charge in [0.05, 0.1) is 16.7 Å². The van der Waals surface area contributed by atoms with Crippen LogP contribution >= 0.6 is 0 Å². The van der Waals surface area contributed by atoms with Crippen LogP contribution in [0.3, 0.4) is 0 Å². The van der Waals surface area contributed by atoms with Crippen LogP contribution in [0.25, 0.3) is 11.2 Å². The quantitative estimate of drug-likeness (QED) is 0.521. The molecular weight excluding hydrogens is 246 g/mol. The lowest BCUT2D eigenvalue weighted by atomic mass is 10.4. The van der Waals surface area contributed by atoms with Gasteiger partial charge in [-0.25, -0.2) is 13.0 Å². The van der Waals surface area contributed by atoms with E-state index in [2.05, 4.69) is 15.0 Å². The summed E-state index contributed by atoms with van der Waals surface area (Å²) in [6.07, 6.45) is 3.16. The van der Waals surface area contributed by atoms with Crippen molar-refractivity contribution in [2.45, 2.75) is 13.0 Å². The Morgan fingerprint density at radius 1 is 1.47 bits per heavy atom. The van der Waals surface area contributed by atoms with Crippen molar-refractivity contribution in [3.63, 3.8) is 0 Å². The first-order valence-corrected chi connectivity index (χ1v) is 6.46. The maximum atomic E-state index is 10.5. The summed E-state index contributed by atoms with van der Waals surface area (Å²) in [6.45, 7) is 0.343. The number of anilines is 1. The Bertz CT molecular complexity index is 636. The van der Waals surface area contributed by atoms with Crippen molar-refractivity contribution < 1.29 is 17.5 Å². The summed E-state index contributed by atoms with van der Waals surface area (Å²) in [7, 11) is -4.18. The number of H-pyrrole nitrogens is 1. The van der Waals surface area contributed by atoms with Crippen LogP contribution in [-0.4, -0.2) is 33.7 Å². The number of aryl methyl sites for hydroxylation is 1. The number of rotatable bonds is 4. The van der Waals surface area contributed by atoms with Crippen molar-refractivity contribution >= 4 is 27.1 Å². The standard InChI is InChI=1S/C8H11N5O3S/c9-7-6-8(11-4-10-6)13(5-12-7)2-1-3-17(14,15)16/h4-5H,1-3H2,(H3,9,10,11,14,15,16). The first-order valence-electron chi connectivity index (χ1n) is 4.88. The zero-order valence-corrected chi connectivity index (χ0v) is 9.64. The summed E-state index contributed by atoms with van der Waals surface area (Å²) < 4.78 is 33.0. The van der Waals surface area contributed by atoms with Gasteiger partial charge >= 0.3 is 0 Å². The molecular formula is C8H11N5O3S. The van der Waals surface area contributed by atoms with E-state index in [0.29, 0.717) is 23.5 Å². The molecule has 9 heteroatoms. The molecule has 2 rings (SSSR count). The molecule has 0 aromatic carbocycles. The first kappa shape index (κ1) is 11.7. The minimum atomic E-state index is -4.18. The SMILES string of the molecule is Nc1nc[n+](CCCS(=O)(=O)[O-])c2nc[nH]c12. The maximum absolute atomic E-state index is 10.5. The molecule has 0 saturated carbocycles.